The number of carbonyl (C=O) groups excluding carboxylic acids is 2. The third-order valence-corrected chi connectivity index (χ3v) is 2.99. The second-order valence-corrected chi connectivity index (χ2v) is 5.31. The molecular formula is C14H28MgO15. The predicted molar refractivity (Wildman–Crippen MR) is 90.8 cm³/mol. The fraction of sp³-hybridized carbons (Fsp3) is 0.857. The van der Waals surface area contributed by atoms with Crippen LogP contribution in [0.5, 0.6) is 0 Å². The van der Waals surface area contributed by atoms with Crippen LogP contribution in [0.3, 0.4) is 0 Å². The summed E-state index contributed by atoms with van der Waals surface area (Å²) in [7, 11) is 0. The Morgan fingerprint density at radius 2 is 0.833 bits per heavy atom. The minimum atomic E-state index is -2.31. The molecule has 0 saturated heterocycles. The monoisotopic (exact) mass is 460 g/mol. The normalized spacial score (nSPS) is 18.3. The molecule has 0 aromatic rings. The van der Waals surface area contributed by atoms with Crippen molar-refractivity contribution in [2.24, 2.45) is 0 Å². The maximum absolute atomic E-state index is 9.98. The van der Waals surface area contributed by atoms with E-state index in [0.717, 1.165) is 0 Å². The summed E-state index contributed by atoms with van der Waals surface area (Å²) in [6.07, 6.45) is -16.2. The molecule has 0 amide bonds. The van der Waals surface area contributed by atoms with E-state index in [1.54, 1.807) is 6.92 Å². The number of carbonyl (C=O) groups is 2. The molecule has 0 radical (unpaired) electrons. The van der Waals surface area contributed by atoms with Gasteiger partial charge >= 0.3 is 23.1 Å². The Kier molecular flexibility index (Phi) is 24.6. The minimum Gasteiger partial charge on any atom is -0.547 e. The Labute approximate surface area is 186 Å². The molecule has 0 rings (SSSR count). The summed E-state index contributed by atoms with van der Waals surface area (Å²) in [5.74, 6) is -3.95. The van der Waals surface area contributed by atoms with Crippen molar-refractivity contribution >= 4 is 35.0 Å². The maximum atomic E-state index is 9.98. The molecule has 0 spiro atoms. The van der Waals surface area contributed by atoms with Gasteiger partial charge in [0.15, 0.2) is 0 Å². The second-order valence-electron chi connectivity index (χ2n) is 5.31. The number of aliphatic hydroxyl groups excluding tert-OH is 11. The van der Waals surface area contributed by atoms with E-state index in [2.05, 4.69) is 0 Å². The van der Waals surface area contributed by atoms with E-state index in [0.29, 0.717) is 0 Å². The Morgan fingerprint density at radius 3 is 0.967 bits per heavy atom. The third kappa shape index (κ3) is 15.1. The van der Waals surface area contributed by atoms with E-state index in [4.69, 9.17) is 56.2 Å². The van der Waals surface area contributed by atoms with Crippen LogP contribution in [0.1, 0.15) is 6.92 Å². The molecule has 15 nitrogen and oxygen atoms in total. The van der Waals surface area contributed by atoms with Crippen LogP contribution in [0.25, 0.3) is 0 Å². The first-order valence-corrected chi connectivity index (χ1v) is 7.93. The van der Waals surface area contributed by atoms with Gasteiger partial charge in [-0.05, 0) is 6.92 Å². The molecule has 0 saturated carbocycles. The fourth-order valence-electron chi connectivity index (χ4n) is 1.32. The Hall–Kier alpha value is -0.734. The average molecular weight is 461 g/mol. The number of carboxylic acids is 2. The molecule has 16 heteroatoms. The van der Waals surface area contributed by atoms with Crippen LogP contribution in [0.15, 0.2) is 0 Å². The first kappa shape index (κ1) is 36.6. The van der Waals surface area contributed by atoms with E-state index in [9.17, 15) is 19.8 Å². The molecule has 0 aliphatic rings. The van der Waals surface area contributed by atoms with Crippen molar-refractivity contribution in [3.63, 3.8) is 0 Å². The number of aliphatic carboxylic acids is 2. The summed E-state index contributed by atoms with van der Waals surface area (Å²) in [4.78, 5) is 20.0. The number of rotatable bonds is 10. The maximum Gasteiger partial charge on any atom is 2.00 e. The van der Waals surface area contributed by atoms with Crippen molar-refractivity contribution in [2.45, 2.75) is 55.8 Å². The molecule has 0 aromatic carbocycles. The van der Waals surface area contributed by atoms with Crippen molar-refractivity contribution in [1.29, 1.82) is 0 Å². The van der Waals surface area contributed by atoms with Crippen LogP contribution in [-0.4, -0.2) is 160 Å². The van der Waals surface area contributed by atoms with Crippen LogP contribution >= 0.6 is 0 Å². The third-order valence-electron chi connectivity index (χ3n) is 2.99. The first-order chi connectivity index (χ1) is 13.2. The van der Waals surface area contributed by atoms with Crippen molar-refractivity contribution in [3.05, 3.63) is 0 Å². The Bertz CT molecular complexity index is 402. The molecule has 30 heavy (non-hydrogen) atoms. The zero-order chi connectivity index (χ0) is 23.9. The molecule has 11 N–H and O–H groups in total. The molecule has 0 aromatic heterocycles. The second kappa shape index (κ2) is 20.2. The number of carboxylic acid groups (broad SMARTS) is 2. The van der Waals surface area contributed by atoms with Crippen LogP contribution in [0.4, 0.5) is 0 Å². The van der Waals surface area contributed by atoms with E-state index < -0.39 is 74.0 Å². The quantitative estimate of drug-likeness (QED) is 0.135. The molecule has 0 heterocycles. The molecule has 176 valence electrons. The van der Waals surface area contributed by atoms with E-state index in [1.807, 2.05) is 0 Å². The van der Waals surface area contributed by atoms with Crippen molar-refractivity contribution in [1.82, 2.24) is 0 Å². The number of hydrogen-bond donors (Lipinski definition) is 11. The van der Waals surface area contributed by atoms with Gasteiger partial charge in [-0.2, -0.15) is 0 Å². The zero-order valence-corrected chi connectivity index (χ0v) is 17.4. The smallest absolute Gasteiger partial charge is 0.547 e. The molecule has 0 bridgehead atoms. The van der Waals surface area contributed by atoms with Gasteiger partial charge in [0.05, 0.1) is 25.2 Å². The van der Waals surface area contributed by atoms with Crippen LogP contribution < -0.4 is 10.2 Å². The summed E-state index contributed by atoms with van der Waals surface area (Å²) >= 11 is 0. The van der Waals surface area contributed by atoms with Gasteiger partial charge in [0.2, 0.25) is 0 Å². The van der Waals surface area contributed by atoms with Crippen molar-refractivity contribution in [2.75, 3.05) is 19.8 Å². The Balaban J connectivity index is -0.000000193. The largest absolute Gasteiger partial charge is 2.00 e. The predicted octanol–water partition coefficient (Wildman–Crippen LogP) is -10.0. The van der Waals surface area contributed by atoms with Gasteiger partial charge in [0.25, 0.3) is 0 Å². The van der Waals surface area contributed by atoms with Gasteiger partial charge < -0.3 is 76.0 Å². The average Bonchev–Trinajstić information content (AvgIpc) is 2.69. The van der Waals surface area contributed by atoms with E-state index >= 15 is 0 Å². The summed E-state index contributed by atoms with van der Waals surface area (Å²) < 4.78 is 0. The van der Waals surface area contributed by atoms with Gasteiger partial charge in [-0.1, -0.05) is 0 Å². The summed E-state index contributed by atoms with van der Waals surface area (Å²) in [5, 5.41) is 114. The molecular weight excluding hydrogens is 432 g/mol. The standard InChI is InChI=1S/2C6H12O7.C2H6O.Mg/c2*7-1-2(8)3(9)4(10)5(11)6(12)13;1-2-3;/h2*2-5,7-11H,1H2,(H,12,13);3H,2H2,1H3;/q;;;+2/p-2/t2*2-,3-,4+,5-;;/m11../s1. The summed E-state index contributed by atoms with van der Waals surface area (Å²) in [6, 6.07) is 0. The zero-order valence-electron chi connectivity index (χ0n) is 16.0. The van der Waals surface area contributed by atoms with E-state index in [1.165, 1.54) is 0 Å². The topological polar surface area (TPSA) is 303 Å². The first-order valence-electron chi connectivity index (χ1n) is 7.93. The van der Waals surface area contributed by atoms with Crippen LogP contribution in [-0.2, 0) is 9.59 Å². The van der Waals surface area contributed by atoms with Gasteiger partial charge in [-0.25, -0.2) is 0 Å². The Morgan fingerprint density at radius 1 is 0.633 bits per heavy atom. The number of hydrogen-bond acceptors (Lipinski definition) is 15. The van der Waals surface area contributed by atoms with Crippen LogP contribution in [0, 0.1) is 0 Å². The summed E-state index contributed by atoms with van der Waals surface area (Å²) in [6.45, 7) is 0.204. The fourth-order valence-corrected chi connectivity index (χ4v) is 1.32. The van der Waals surface area contributed by atoms with Crippen molar-refractivity contribution < 1.29 is 76.0 Å². The molecule has 0 unspecified atom stereocenters. The van der Waals surface area contributed by atoms with Crippen molar-refractivity contribution in [3.8, 4) is 0 Å². The molecule has 0 fully saturated rings. The molecule has 8 atom stereocenters. The van der Waals surface area contributed by atoms with Gasteiger partial charge in [0.1, 0.15) is 48.8 Å². The van der Waals surface area contributed by atoms with Crippen LogP contribution in [0.2, 0.25) is 0 Å². The van der Waals surface area contributed by atoms with E-state index in [-0.39, 0.29) is 29.7 Å². The number of aliphatic hydroxyl groups is 11. The molecule has 0 aliphatic carbocycles. The minimum absolute atomic E-state index is 0. The van der Waals surface area contributed by atoms with Gasteiger partial charge in [-0.15, -0.1) is 0 Å². The molecule has 0 aliphatic heterocycles. The SMILES string of the molecule is CCO.O=C([O-])[C@H](O)[C@@H](O)[C@H](O)[C@H](O)CO.O=C([O-])[C@H](O)[C@@H](O)[C@H](O)[C@H](O)CO.[Mg+2]. The van der Waals surface area contributed by atoms with Gasteiger partial charge in [0, 0.05) is 6.61 Å². The van der Waals surface area contributed by atoms with Gasteiger partial charge in [-0.3, -0.25) is 0 Å². The summed E-state index contributed by atoms with van der Waals surface area (Å²) in [5.41, 5.74) is 0.